The number of carbonyl (C=O) groups excluding carboxylic acids is 2. The number of hydrogen-bond donors (Lipinski definition) is 3. The van der Waals surface area contributed by atoms with Crippen molar-refractivity contribution in [3.63, 3.8) is 0 Å². The summed E-state index contributed by atoms with van der Waals surface area (Å²) in [6.07, 6.45) is 15.6. The van der Waals surface area contributed by atoms with Crippen molar-refractivity contribution in [1.82, 2.24) is 29.7 Å². The number of allylic oxidation sites excluding steroid dienone is 2. The normalized spacial score (nSPS) is 18.3. The summed E-state index contributed by atoms with van der Waals surface area (Å²) in [6.45, 7) is 12.0. The monoisotopic (exact) mass is 1140 g/mol. The Kier molecular flexibility index (Phi) is 19.1. The summed E-state index contributed by atoms with van der Waals surface area (Å²) in [7, 11) is 0. The molecule has 2 fully saturated rings. The van der Waals surface area contributed by atoms with Gasteiger partial charge in [-0.1, -0.05) is 116 Å². The highest BCUT2D eigenvalue weighted by atomic mass is 35.5. The molecule has 0 radical (unpaired) electrons. The average molecular weight is 1140 g/mol. The average Bonchev–Trinajstić information content (AvgIpc) is 4.10. The number of amides is 2. The van der Waals surface area contributed by atoms with E-state index in [2.05, 4.69) is 63.1 Å². The van der Waals surface area contributed by atoms with Crippen molar-refractivity contribution in [2.45, 2.75) is 162 Å². The summed E-state index contributed by atoms with van der Waals surface area (Å²) in [5, 5.41) is 19.2. The van der Waals surface area contributed by atoms with Gasteiger partial charge in [-0.3, -0.25) is 10.1 Å². The lowest BCUT2D eigenvalue weighted by molar-refractivity contribution is -0.384. The summed E-state index contributed by atoms with van der Waals surface area (Å²) in [5.74, 6) is 1.05. The molecule has 2 heterocycles. The molecule has 426 valence electrons. The molecular formula is C63H74Cl2N10O6. The fraction of sp³-hybridized carbons (Fsp3) is 0.397. The van der Waals surface area contributed by atoms with Gasteiger partial charge in [-0.25, -0.2) is 29.5 Å². The van der Waals surface area contributed by atoms with Gasteiger partial charge >= 0.3 is 12.2 Å². The van der Waals surface area contributed by atoms with E-state index < -0.39 is 22.2 Å². The van der Waals surface area contributed by atoms with E-state index in [0.29, 0.717) is 52.8 Å². The van der Waals surface area contributed by atoms with Crippen LogP contribution in [-0.2, 0) is 35.4 Å². The predicted octanol–water partition coefficient (Wildman–Crippen LogP) is 14.7. The van der Waals surface area contributed by atoms with Crippen molar-refractivity contribution in [3.05, 3.63) is 187 Å². The molecule has 2 saturated carbocycles. The molecule has 4 aliphatic carbocycles. The van der Waals surface area contributed by atoms with Gasteiger partial charge in [0.25, 0.3) is 5.69 Å². The van der Waals surface area contributed by atoms with Crippen LogP contribution >= 0.6 is 23.2 Å². The summed E-state index contributed by atoms with van der Waals surface area (Å²) in [4.78, 5) is 59.6. The van der Waals surface area contributed by atoms with Crippen LogP contribution in [0.1, 0.15) is 145 Å². The van der Waals surface area contributed by atoms with Gasteiger partial charge in [-0.2, -0.15) is 0 Å². The number of nitrogens with two attached hydrogens (primary N) is 1. The molecular weight excluding hydrogens is 1060 g/mol. The third kappa shape index (κ3) is 15.5. The molecule has 0 bridgehead atoms. The lowest BCUT2D eigenvalue weighted by Crippen LogP contribution is -2.47. The minimum absolute atomic E-state index is 0. The summed E-state index contributed by atoms with van der Waals surface area (Å²) >= 11 is 13.1. The molecule has 0 spiro atoms. The Balaban J connectivity index is 0.000000210. The molecule has 2 aromatic heterocycles. The smallest absolute Gasteiger partial charge is 0.410 e. The molecule has 4 aromatic carbocycles. The number of fused-ring (bicyclic) bond motifs is 2. The second-order valence-electron chi connectivity index (χ2n) is 22.9. The van der Waals surface area contributed by atoms with Crippen LogP contribution in [0, 0.1) is 10.1 Å². The number of rotatable bonds is 13. The topological polar surface area (TPSA) is 204 Å². The van der Waals surface area contributed by atoms with Gasteiger partial charge in [0.1, 0.15) is 11.2 Å². The van der Waals surface area contributed by atoms with Gasteiger partial charge in [0.05, 0.1) is 38.8 Å². The van der Waals surface area contributed by atoms with Gasteiger partial charge in [-0.15, -0.1) is 0 Å². The lowest BCUT2D eigenvalue weighted by Gasteiger charge is -2.38. The third-order valence-corrected chi connectivity index (χ3v) is 15.1. The first-order valence-electron chi connectivity index (χ1n) is 27.5. The Morgan fingerprint density at radius 2 is 1.05 bits per heavy atom. The minimum atomic E-state index is -0.655. The van der Waals surface area contributed by atoms with E-state index in [1.807, 2.05) is 88.9 Å². The van der Waals surface area contributed by atoms with Crippen molar-refractivity contribution in [2.75, 3.05) is 16.4 Å². The number of hydrogen-bond acceptors (Lipinski definition) is 13. The highest BCUT2D eigenvalue weighted by Gasteiger charge is 2.35. The van der Waals surface area contributed by atoms with Crippen molar-refractivity contribution in [2.24, 2.45) is 0 Å². The number of nitro groups is 1. The van der Waals surface area contributed by atoms with Crippen LogP contribution in [0.5, 0.6) is 0 Å². The number of nitrogens with one attached hydrogen (secondary N) is 2. The van der Waals surface area contributed by atoms with Gasteiger partial charge in [-0.05, 0) is 151 Å². The number of nitro benzene ring substituents is 1. The molecule has 18 heteroatoms. The van der Waals surface area contributed by atoms with E-state index in [4.69, 9.17) is 48.4 Å². The molecule has 4 atom stereocenters. The molecule has 81 heavy (non-hydrogen) atoms. The second kappa shape index (κ2) is 25.9. The first-order valence-corrected chi connectivity index (χ1v) is 28.2. The maximum absolute atomic E-state index is 13.4. The van der Waals surface area contributed by atoms with Crippen LogP contribution in [0.3, 0.4) is 0 Å². The molecule has 4 N–H and O–H groups in total. The van der Waals surface area contributed by atoms with Crippen LogP contribution in [0.15, 0.2) is 122 Å². The van der Waals surface area contributed by atoms with Crippen molar-refractivity contribution < 1.29 is 24.0 Å². The van der Waals surface area contributed by atoms with E-state index in [-0.39, 0.29) is 43.4 Å². The molecule has 2 amide bonds. The first-order chi connectivity index (χ1) is 38.2. The zero-order valence-corrected chi connectivity index (χ0v) is 47.8. The standard InChI is InChI=1S/C31H34ClN5O4.C31H36ClN5O2.CH4/c1-31(2,3)41-30(38)36(19-20-11-14-23(15-12-20)37(39)40)24-9-6-8-22(17-24)34-29-33-18-27(32)28(35-29)26-16-13-21-7-4-5-10-25(21)26;1-31(2,3)39-30(38)37(19-20-11-14-22(33)15-12-20)24-9-6-8-23(17-24)35-29-34-18-27(32)28(36-29)26-16-13-21-7-4-5-10-25(21)26;/h4-5,7,10-12,14-16,18,22,24H,6,8-9,13,17,19H2,1-3H3,(H,33,34,35);4-5,7,10-12,14-16,18,23-24H,6,8-9,13,17,19,33H2,1-3H3,(H,34,35,36);1H4/t22-,24+;23-,24+;/m11./s1. The largest absolute Gasteiger partial charge is 0.444 e. The van der Waals surface area contributed by atoms with Crippen molar-refractivity contribution >= 4 is 69.8 Å². The predicted molar refractivity (Wildman–Crippen MR) is 322 cm³/mol. The molecule has 0 aliphatic heterocycles. The number of nitrogens with zero attached hydrogens (tertiary/aromatic N) is 7. The number of aromatic nitrogens is 4. The Bertz CT molecular complexity index is 3270. The summed E-state index contributed by atoms with van der Waals surface area (Å²) in [6, 6.07) is 30.6. The fourth-order valence-corrected chi connectivity index (χ4v) is 11.2. The highest BCUT2D eigenvalue weighted by Crippen LogP contribution is 2.38. The van der Waals surface area contributed by atoms with Crippen LogP contribution in [0.2, 0.25) is 10.0 Å². The zero-order chi connectivity index (χ0) is 56.7. The number of nitrogen functional groups attached to an aromatic ring is 1. The number of ether oxygens (including phenoxy) is 2. The van der Waals surface area contributed by atoms with Gasteiger partial charge < -0.3 is 35.6 Å². The van der Waals surface area contributed by atoms with Crippen LogP contribution in [-0.4, -0.2) is 82.2 Å². The maximum Gasteiger partial charge on any atom is 0.410 e. The van der Waals surface area contributed by atoms with E-state index in [9.17, 15) is 19.7 Å². The molecule has 0 unspecified atom stereocenters. The Morgan fingerprint density at radius 3 is 1.46 bits per heavy atom. The Labute approximate surface area is 485 Å². The van der Waals surface area contributed by atoms with E-state index in [1.165, 1.54) is 23.3 Å². The molecule has 4 aliphatic rings. The number of non-ortho nitro benzene ring substituents is 1. The molecule has 0 saturated heterocycles. The van der Waals surface area contributed by atoms with Gasteiger partial charge in [0.15, 0.2) is 0 Å². The Morgan fingerprint density at radius 1 is 0.642 bits per heavy atom. The fourth-order valence-electron chi connectivity index (χ4n) is 10.9. The molecule has 10 rings (SSSR count). The van der Waals surface area contributed by atoms with E-state index in [0.717, 1.165) is 96.9 Å². The number of benzene rings is 4. The van der Waals surface area contributed by atoms with E-state index >= 15 is 0 Å². The van der Waals surface area contributed by atoms with Gasteiger partial charge in [0, 0.05) is 66.2 Å². The summed E-state index contributed by atoms with van der Waals surface area (Å²) in [5.41, 5.74) is 15.5. The number of halogens is 2. The van der Waals surface area contributed by atoms with Crippen LogP contribution < -0.4 is 16.4 Å². The number of anilines is 3. The highest BCUT2D eigenvalue weighted by molar-refractivity contribution is 6.32. The van der Waals surface area contributed by atoms with Gasteiger partial charge in [0.2, 0.25) is 11.9 Å². The van der Waals surface area contributed by atoms with Crippen molar-refractivity contribution in [3.8, 4) is 0 Å². The van der Waals surface area contributed by atoms with E-state index in [1.54, 1.807) is 29.4 Å². The maximum atomic E-state index is 13.4. The second-order valence-corrected chi connectivity index (χ2v) is 23.8. The quantitative estimate of drug-likeness (QED) is 0.0560. The lowest BCUT2D eigenvalue weighted by atomic mass is 9.90. The zero-order valence-electron chi connectivity index (χ0n) is 46.3. The third-order valence-electron chi connectivity index (χ3n) is 14.6. The molecule has 6 aromatic rings. The van der Waals surface area contributed by atoms with Crippen molar-refractivity contribution in [1.29, 1.82) is 0 Å². The van der Waals surface area contributed by atoms with Crippen LogP contribution in [0.4, 0.5) is 32.9 Å². The van der Waals surface area contributed by atoms with Crippen LogP contribution in [0.25, 0.3) is 11.1 Å². The summed E-state index contributed by atoms with van der Waals surface area (Å²) < 4.78 is 11.6. The Hall–Kier alpha value is -7.56. The SMILES string of the molecule is C.CC(C)(C)OC(=O)N(Cc1ccc(N)cc1)[C@H]1CCC[C@@H](Nc2ncc(Cl)c(C3=CCc4ccccc43)n2)C1.CC(C)(C)OC(=O)N(Cc1ccc([N+](=O)[O-])cc1)[C@H]1CCC[C@@H](Nc2ncc(Cl)c(C3=CCc4ccccc43)n2)C1. The molecule has 16 nitrogen and oxygen atoms in total. The first kappa shape index (κ1) is 59.6. The minimum Gasteiger partial charge on any atom is -0.444 e. The number of carbonyl (C=O) groups is 2.